The summed E-state index contributed by atoms with van der Waals surface area (Å²) in [5.74, 6) is 1.02. The summed E-state index contributed by atoms with van der Waals surface area (Å²) in [5, 5.41) is 2.96. The topological polar surface area (TPSA) is 29.1 Å². The summed E-state index contributed by atoms with van der Waals surface area (Å²) in [4.78, 5) is 11.9. The maximum Gasteiger partial charge on any atom is 0.252 e. The maximum atomic E-state index is 11.9. The molecule has 0 fully saturated rings. The van der Waals surface area contributed by atoms with Crippen molar-refractivity contribution in [3.8, 4) is 0 Å². The van der Waals surface area contributed by atoms with Crippen molar-refractivity contribution in [1.82, 2.24) is 5.32 Å². The molecule has 0 heterocycles. The van der Waals surface area contributed by atoms with Gasteiger partial charge in [0.1, 0.15) is 0 Å². The van der Waals surface area contributed by atoms with Gasteiger partial charge in [0, 0.05) is 15.5 Å². The monoisotopic (exact) mass is 361 g/mol. The molecule has 1 atom stereocenters. The van der Waals surface area contributed by atoms with Crippen LogP contribution in [0.1, 0.15) is 31.1 Å². The van der Waals surface area contributed by atoms with Crippen molar-refractivity contribution >= 4 is 37.8 Å². The van der Waals surface area contributed by atoms with E-state index in [0.717, 1.165) is 8.95 Å². The Bertz CT molecular complexity index is 404. The zero-order chi connectivity index (χ0) is 13.0. The van der Waals surface area contributed by atoms with Gasteiger partial charge in [-0.1, -0.05) is 36.7 Å². The first kappa shape index (κ1) is 14.7. The standard InChI is InChI=1S/C13H17Br2NO/c1-8(2)9(3)7-16-13(17)11-5-4-10(14)6-12(11)15/h4-6,8-9H,7H2,1-3H3,(H,16,17). The molecular formula is C13H17Br2NO. The molecule has 0 aliphatic heterocycles. The molecule has 1 N–H and O–H groups in total. The van der Waals surface area contributed by atoms with Crippen molar-refractivity contribution in [2.75, 3.05) is 6.54 Å². The molecular weight excluding hydrogens is 346 g/mol. The predicted octanol–water partition coefficient (Wildman–Crippen LogP) is 4.23. The summed E-state index contributed by atoms with van der Waals surface area (Å²) >= 11 is 6.76. The number of rotatable bonds is 4. The number of nitrogens with one attached hydrogen (secondary N) is 1. The Morgan fingerprint density at radius 1 is 1.29 bits per heavy atom. The third-order valence-corrected chi connectivity index (χ3v) is 4.05. The van der Waals surface area contributed by atoms with E-state index < -0.39 is 0 Å². The van der Waals surface area contributed by atoms with Gasteiger partial charge in [-0.15, -0.1) is 0 Å². The summed E-state index contributed by atoms with van der Waals surface area (Å²) in [6, 6.07) is 5.55. The van der Waals surface area contributed by atoms with Crippen molar-refractivity contribution < 1.29 is 4.79 Å². The Hall–Kier alpha value is -0.350. The third kappa shape index (κ3) is 4.43. The van der Waals surface area contributed by atoms with Crippen LogP contribution < -0.4 is 5.32 Å². The average Bonchev–Trinajstić information content (AvgIpc) is 2.25. The van der Waals surface area contributed by atoms with E-state index in [9.17, 15) is 4.79 Å². The summed E-state index contributed by atoms with van der Waals surface area (Å²) in [7, 11) is 0. The van der Waals surface area contributed by atoms with Gasteiger partial charge in [-0.2, -0.15) is 0 Å². The molecule has 1 rings (SSSR count). The van der Waals surface area contributed by atoms with Crippen LogP contribution in [0.2, 0.25) is 0 Å². The molecule has 1 amide bonds. The van der Waals surface area contributed by atoms with Crippen molar-refractivity contribution in [3.05, 3.63) is 32.7 Å². The SMILES string of the molecule is CC(C)C(C)CNC(=O)c1ccc(Br)cc1Br. The first-order valence-corrected chi connectivity index (χ1v) is 7.23. The molecule has 0 aliphatic carbocycles. The zero-order valence-corrected chi connectivity index (χ0v) is 13.4. The summed E-state index contributed by atoms with van der Waals surface area (Å²) in [6.45, 7) is 7.17. The molecule has 2 nitrogen and oxygen atoms in total. The predicted molar refractivity (Wildman–Crippen MR) is 78.2 cm³/mol. The first-order valence-electron chi connectivity index (χ1n) is 5.65. The van der Waals surface area contributed by atoms with Gasteiger partial charge in [-0.25, -0.2) is 0 Å². The van der Waals surface area contributed by atoms with Crippen molar-refractivity contribution in [2.45, 2.75) is 20.8 Å². The Labute approximate surface area is 119 Å². The lowest BCUT2D eigenvalue weighted by atomic mass is 9.98. The number of benzene rings is 1. The van der Waals surface area contributed by atoms with E-state index in [2.05, 4.69) is 57.9 Å². The van der Waals surface area contributed by atoms with E-state index in [1.807, 2.05) is 18.2 Å². The molecule has 4 heteroatoms. The van der Waals surface area contributed by atoms with Crippen LogP contribution in [0, 0.1) is 11.8 Å². The van der Waals surface area contributed by atoms with Gasteiger partial charge in [-0.3, -0.25) is 4.79 Å². The fourth-order valence-corrected chi connectivity index (χ4v) is 2.49. The quantitative estimate of drug-likeness (QED) is 0.852. The van der Waals surface area contributed by atoms with Crippen LogP contribution in [0.3, 0.4) is 0 Å². The minimum Gasteiger partial charge on any atom is -0.352 e. The van der Waals surface area contributed by atoms with E-state index in [4.69, 9.17) is 0 Å². The Morgan fingerprint density at radius 2 is 1.94 bits per heavy atom. The van der Waals surface area contributed by atoms with Crippen LogP contribution in [0.5, 0.6) is 0 Å². The van der Waals surface area contributed by atoms with Gasteiger partial charge in [0.25, 0.3) is 5.91 Å². The first-order chi connectivity index (χ1) is 7.91. The maximum absolute atomic E-state index is 11.9. The molecule has 94 valence electrons. The lowest BCUT2D eigenvalue weighted by Crippen LogP contribution is -2.30. The largest absolute Gasteiger partial charge is 0.352 e. The minimum atomic E-state index is -0.0307. The van der Waals surface area contributed by atoms with Crippen molar-refractivity contribution in [2.24, 2.45) is 11.8 Å². The normalized spacial score (nSPS) is 12.6. The van der Waals surface area contributed by atoms with E-state index >= 15 is 0 Å². The highest BCUT2D eigenvalue weighted by Gasteiger charge is 2.12. The van der Waals surface area contributed by atoms with E-state index in [-0.39, 0.29) is 5.91 Å². The molecule has 0 saturated carbocycles. The molecule has 1 aromatic rings. The number of hydrogen-bond acceptors (Lipinski definition) is 1. The Balaban J connectivity index is 2.64. The molecule has 0 aliphatic rings. The van der Waals surface area contributed by atoms with Gasteiger partial charge in [0.15, 0.2) is 0 Å². The second-order valence-corrected chi connectivity index (χ2v) is 6.33. The fraction of sp³-hybridized carbons (Fsp3) is 0.462. The number of carbonyl (C=O) groups excluding carboxylic acids is 1. The molecule has 0 spiro atoms. The summed E-state index contributed by atoms with van der Waals surface area (Å²) in [5.41, 5.74) is 0.671. The van der Waals surface area contributed by atoms with Gasteiger partial charge in [0.05, 0.1) is 5.56 Å². The molecule has 1 unspecified atom stereocenters. The summed E-state index contributed by atoms with van der Waals surface area (Å²) in [6.07, 6.45) is 0. The molecule has 0 radical (unpaired) electrons. The molecule has 0 aromatic heterocycles. The molecule has 0 bridgehead atoms. The lowest BCUT2D eigenvalue weighted by molar-refractivity contribution is 0.0944. The van der Waals surface area contributed by atoms with Crippen LogP contribution in [0.15, 0.2) is 27.1 Å². The van der Waals surface area contributed by atoms with Gasteiger partial charge in [-0.05, 0) is 46.0 Å². The molecule has 17 heavy (non-hydrogen) atoms. The van der Waals surface area contributed by atoms with Gasteiger partial charge >= 0.3 is 0 Å². The van der Waals surface area contributed by atoms with E-state index in [1.54, 1.807) is 0 Å². The van der Waals surface area contributed by atoms with Crippen molar-refractivity contribution in [3.63, 3.8) is 0 Å². The Kier molecular flexibility index (Phi) is 5.67. The van der Waals surface area contributed by atoms with Crippen molar-refractivity contribution in [1.29, 1.82) is 0 Å². The number of hydrogen-bond donors (Lipinski definition) is 1. The number of amides is 1. The number of halogens is 2. The molecule has 1 aromatic carbocycles. The highest BCUT2D eigenvalue weighted by Crippen LogP contribution is 2.22. The minimum absolute atomic E-state index is 0.0307. The summed E-state index contributed by atoms with van der Waals surface area (Å²) < 4.78 is 1.76. The zero-order valence-electron chi connectivity index (χ0n) is 10.3. The smallest absolute Gasteiger partial charge is 0.252 e. The number of carbonyl (C=O) groups is 1. The van der Waals surface area contributed by atoms with Gasteiger partial charge < -0.3 is 5.32 Å². The third-order valence-electron chi connectivity index (χ3n) is 2.90. The lowest BCUT2D eigenvalue weighted by Gasteiger charge is -2.16. The molecule has 0 saturated heterocycles. The second-order valence-electron chi connectivity index (χ2n) is 4.56. The van der Waals surface area contributed by atoms with Crippen LogP contribution in [-0.4, -0.2) is 12.5 Å². The van der Waals surface area contributed by atoms with Crippen LogP contribution in [0.4, 0.5) is 0 Å². The second kappa shape index (κ2) is 6.55. The van der Waals surface area contributed by atoms with Crippen LogP contribution >= 0.6 is 31.9 Å². The highest BCUT2D eigenvalue weighted by molar-refractivity contribution is 9.11. The highest BCUT2D eigenvalue weighted by atomic mass is 79.9. The fourth-order valence-electron chi connectivity index (χ4n) is 1.26. The van der Waals surface area contributed by atoms with E-state index in [1.165, 1.54) is 0 Å². The average molecular weight is 363 g/mol. The van der Waals surface area contributed by atoms with E-state index in [0.29, 0.717) is 23.9 Å². The van der Waals surface area contributed by atoms with Crippen LogP contribution in [-0.2, 0) is 0 Å². The van der Waals surface area contributed by atoms with Crippen LogP contribution in [0.25, 0.3) is 0 Å². The Morgan fingerprint density at radius 3 is 2.47 bits per heavy atom. The van der Waals surface area contributed by atoms with Gasteiger partial charge in [0.2, 0.25) is 0 Å².